The van der Waals surface area contributed by atoms with Crippen molar-refractivity contribution in [1.29, 1.82) is 0 Å². The minimum atomic E-state index is -4.08. The van der Waals surface area contributed by atoms with Crippen LogP contribution in [-0.4, -0.2) is 36.3 Å². The molecule has 1 aliphatic heterocycles. The first-order chi connectivity index (χ1) is 16.5. The number of carbonyl (C=O) groups is 1. The molecule has 4 rings (SSSR count). The van der Waals surface area contributed by atoms with Gasteiger partial charge in [-0.15, -0.1) is 11.3 Å². The predicted molar refractivity (Wildman–Crippen MR) is 142 cm³/mol. The number of allylic oxidation sites excluding steroid dienone is 2. The van der Waals surface area contributed by atoms with Crippen molar-refractivity contribution in [3.05, 3.63) is 55.6 Å². The van der Waals surface area contributed by atoms with E-state index in [1.807, 2.05) is 42.2 Å². The van der Waals surface area contributed by atoms with Crippen LogP contribution < -0.4 is 14.2 Å². The van der Waals surface area contributed by atoms with E-state index in [9.17, 15) is 18.3 Å². The van der Waals surface area contributed by atoms with Gasteiger partial charge in [-0.1, -0.05) is 45.8 Å². The first kappa shape index (κ1) is 26.1. The van der Waals surface area contributed by atoms with E-state index in [0.717, 1.165) is 30.3 Å². The molecule has 0 fully saturated rings. The van der Waals surface area contributed by atoms with E-state index < -0.39 is 16.1 Å². The first-order valence-corrected chi connectivity index (χ1v) is 14.9. The molecule has 0 amide bonds. The molecule has 0 bridgehead atoms. The molecule has 35 heavy (non-hydrogen) atoms. The number of rotatable bonds is 9. The fraction of sp³-hybridized carbons (Fsp3) is 0.273. The van der Waals surface area contributed by atoms with Crippen molar-refractivity contribution in [3.8, 4) is 5.75 Å². The molecule has 0 saturated heterocycles. The summed E-state index contributed by atoms with van der Waals surface area (Å²) in [6, 6.07) is 7.33. The molecule has 1 aromatic carbocycles. The van der Waals surface area contributed by atoms with Gasteiger partial charge in [0.1, 0.15) is 4.34 Å². The molecular formula is C22H21BrClN2O6S3+. The van der Waals surface area contributed by atoms with Gasteiger partial charge < -0.3 is 14.7 Å². The predicted octanol–water partition coefficient (Wildman–Crippen LogP) is 5.56. The molecule has 2 aromatic heterocycles. The number of carboxylic acids is 1. The maximum Gasteiger partial charge on any atom is 0.370 e. The van der Waals surface area contributed by atoms with Crippen LogP contribution in [0.4, 0.5) is 5.69 Å². The highest BCUT2D eigenvalue weighted by atomic mass is 79.9. The van der Waals surface area contributed by atoms with Gasteiger partial charge in [0.2, 0.25) is 17.9 Å². The highest BCUT2D eigenvalue weighted by Crippen LogP contribution is 2.41. The fourth-order valence-electron chi connectivity index (χ4n) is 3.65. The number of ether oxygens (including phenoxy) is 1. The normalized spacial score (nSPS) is 15.1. The summed E-state index contributed by atoms with van der Waals surface area (Å²) in [6.07, 6.45) is 4.65. The molecule has 0 aliphatic carbocycles. The number of nitrogens with zero attached hydrogens (tertiary/aromatic N) is 2. The summed E-state index contributed by atoms with van der Waals surface area (Å²) in [5.74, 6) is -0.157. The Morgan fingerprint density at radius 2 is 2.09 bits per heavy atom. The third kappa shape index (κ3) is 6.25. The molecule has 0 spiro atoms. The van der Waals surface area contributed by atoms with Crippen LogP contribution in [0.5, 0.6) is 5.75 Å². The molecule has 2 N–H and O–H groups in total. The van der Waals surface area contributed by atoms with E-state index in [2.05, 4.69) is 15.9 Å². The van der Waals surface area contributed by atoms with Gasteiger partial charge >= 0.3 is 5.97 Å². The largest absolute Gasteiger partial charge is 0.477 e. The lowest BCUT2D eigenvalue weighted by Gasteiger charge is -2.18. The summed E-state index contributed by atoms with van der Waals surface area (Å²) in [5, 5.41) is 10.2. The van der Waals surface area contributed by atoms with Gasteiger partial charge in [0.05, 0.1) is 11.4 Å². The van der Waals surface area contributed by atoms with Crippen LogP contribution in [0.25, 0.3) is 15.6 Å². The molecule has 186 valence electrons. The van der Waals surface area contributed by atoms with E-state index in [0.29, 0.717) is 28.9 Å². The zero-order valence-electron chi connectivity index (χ0n) is 18.4. The number of benzene rings is 1. The second-order valence-corrected chi connectivity index (χ2v) is 13.2. The maximum atomic E-state index is 11.5. The summed E-state index contributed by atoms with van der Waals surface area (Å²) in [6.45, 7) is 2.11. The summed E-state index contributed by atoms with van der Waals surface area (Å²) < 4.78 is 41.8. The van der Waals surface area contributed by atoms with Crippen molar-refractivity contribution < 1.29 is 32.2 Å². The lowest BCUT2D eigenvalue weighted by Crippen LogP contribution is -2.39. The standard InChI is InChI=1S/C22H20BrClN2O6S3/c1-2-13(9-20-26(12-21(27)28)16-11-18(24)33-22(16)34-20)8-19-25(6-3-7-35(29,30)31)15-10-14(23)4-5-17(15)32-19/h4-5,8-11H,2-3,6-7,12H2,1H3,(H-,27,28,29,30,31)/p+1. The van der Waals surface area contributed by atoms with Gasteiger partial charge in [-0.2, -0.15) is 13.0 Å². The summed E-state index contributed by atoms with van der Waals surface area (Å²) >= 11 is 12.5. The van der Waals surface area contributed by atoms with Crippen molar-refractivity contribution in [2.24, 2.45) is 0 Å². The molecule has 0 unspecified atom stereocenters. The Hall–Kier alpha value is -1.96. The number of fused-ring (bicyclic) bond motifs is 2. The van der Waals surface area contributed by atoms with Crippen LogP contribution in [0.3, 0.4) is 0 Å². The van der Waals surface area contributed by atoms with E-state index in [-0.39, 0.29) is 18.7 Å². The number of thiazole rings is 1. The zero-order valence-corrected chi connectivity index (χ0v) is 23.2. The monoisotopic (exact) mass is 619 g/mol. The van der Waals surface area contributed by atoms with E-state index >= 15 is 0 Å². The van der Waals surface area contributed by atoms with Gasteiger partial charge in [0.25, 0.3) is 15.1 Å². The number of hydrogen-bond donors (Lipinski definition) is 2. The van der Waals surface area contributed by atoms with E-state index in [4.69, 9.17) is 20.9 Å². The molecule has 3 aromatic rings. The van der Waals surface area contributed by atoms with Crippen molar-refractivity contribution in [1.82, 2.24) is 0 Å². The topological polar surface area (TPSA) is 108 Å². The maximum absolute atomic E-state index is 11.5. The SMILES string of the molecule is CCC(=Cc1sc2sc(Cl)cc2[n+]1CC(=O)O)C=C1Oc2ccc(Br)cc2N1CCCS(=O)(=O)O. The quantitative estimate of drug-likeness (QED) is 0.238. The number of aliphatic carboxylic acids is 1. The van der Waals surface area contributed by atoms with Gasteiger partial charge in [-0.25, -0.2) is 4.79 Å². The van der Waals surface area contributed by atoms with Crippen LogP contribution in [0.1, 0.15) is 24.8 Å². The van der Waals surface area contributed by atoms with Crippen molar-refractivity contribution >= 4 is 87.6 Å². The number of hydrogen-bond acceptors (Lipinski definition) is 7. The number of anilines is 1. The Bertz CT molecular complexity index is 1460. The summed E-state index contributed by atoms with van der Waals surface area (Å²) in [7, 11) is -4.08. The Morgan fingerprint density at radius 1 is 1.31 bits per heavy atom. The number of thiophene rings is 1. The molecule has 3 heterocycles. The first-order valence-electron chi connectivity index (χ1n) is 10.5. The fourth-order valence-corrected chi connectivity index (χ4v) is 7.23. The van der Waals surface area contributed by atoms with Gasteiger partial charge in [-0.3, -0.25) is 4.55 Å². The van der Waals surface area contributed by atoms with Crippen molar-refractivity contribution in [2.45, 2.75) is 26.3 Å². The smallest absolute Gasteiger partial charge is 0.370 e. The lowest BCUT2D eigenvalue weighted by atomic mass is 10.2. The Morgan fingerprint density at radius 3 is 2.77 bits per heavy atom. The van der Waals surface area contributed by atoms with Crippen molar-refractivity contribution in [3.63, 3.8) is 0 Å². The Balaban J connectivity index is 1.71. The Kier molecular flexibility index (Phi) is 7.89. The van der Waals surface area contributed by atoms with E-state index in [1.165, 1.54) is 22.7 Å². The van der Waals surface area contributed by atoms with Crippen molar-refractivity contribution in [2.75, 3.05) is 17.2 Å². The van der Waals surface area contributed by atoms with Gasteiger partial charge in [0, 0.05) is 29.2 Å². The van der Waals surface area contributed by atoms with Gasteiger partial charge in [-0.05, 0) is 36.6 Å². The van der Waals surface area contributed by atoms with E-state index in [1.54, 1.807) is 10.6 Å². The lowest BCUT2D eigenvalue weighted by molar-refractivity contribution is -0.657. The summed E-state index contributed by atoms with van der Waals surface area (Å²) in [4.78, 5) is 13.4. The minimum Gasteiger partial charge on any atom is -0.477 e. The van der Waals surface area contributed by atoms with Crippen LogP contribution >= 0.6 is 50.2 Å². The van der Waals surface area contributed by atoms with Crippen LogP contribution in [-0.2, 0) is 21.5 Å². The molecular weight excluding hydrogens is 600 g/mol. The molecule has 1 aliphatic rings. The summed E-state index contributed by atoms with van der Waals surface area (Å²) in [5.41, 5.74) is 2.46. The van der Waals surface area contributed by atoms with Gasteiger partial charge in [0.15, 0.2) is 9.76 Å². The number of halogens is 2. The minimum absolute atomic E-state index is 0.190. The molecule has 13 heteroatoms. The second-order valence-electron chi connectivity index (χ2n) is 7.70. The second kappa shape index (κ2) is 10.6. The molecule has 8 nitrogen and oxygen atoms in total. The molecule has 0 atom stereocenters. The Labute approximate surface area is 223 Å². The average Bonchev–Trinajstić information content (AvgIpc) is 3.38. The molecule has 0 saturated carbocycles. The number of carboxylic acid groups (broad SMARTS) is 1. The zero-order chi connectivity index (χ0) is 25.3. The highest BCUT2D eigenvalue weighted by molar-refractivity contribution is 9.10. The van der Waals surface area contributed by atoms with Crippen LogP contribution in [0.15, 0.2) is 46.3 Å². The third-order valence-corrected chi connectivity index (χ3v) is 8.99. The number of aromatic nitrogens is 1. The average molecular weight is 621 g/mol. The highest BCUT2D eigenvalue weighted by Gasteiger charge is 2.28. The molecule has 0 radical (unpaired) electrons. The third-order valence-electron chi connectivity index (χ3n) is 5.20. The van der Waals surface area contributed by atoms with Crippen LogP contribution in [0, 0.1) is 0 Å². The van der Waals surface area contributed by atoms with Crippen LogP contribution in [0.2, 0.25) is 4.34 Å².